The predicted octanol–water partition coefficient (Wildman–Crippen LogP) is 2.06. The molecular formula is C15H33IN4O. The van der Waals surface area contributed by atoms with Crippen molar-refractivity contribution < 1.29 is 4.74 Å². The third-order valence-electron chi connectivity index (χ3n) is 4.08. The maximum Gasteiger partial charge on any atom is 0.188 e. The molecule has 0 bridgehead atoms. The molecule has 0 aromatic heterocycles. The highest BCUT2D eigenvalue weighted by Crippen LogP contribution is 2.20. The minimum absolute atomic E-state index is 0. The summed E-state index contributed by atoms with van der Waals surface area (Å²) in [4.78, 5) is 6.97. The van der Waals surface area contributed by atoms with E-state index >= 15 is 0 Å². The Hall–Kier alpha value is -0.0800. The molecule has 0 aromatic carbocycles. The summed E-state index contributed by atoms with van der Waals surface area (Å²) in [5.41, 5.74) is 6.09. The Kier molecular flexibility index (Phi) is 10.6. The van der Waals surface area contributed by atoms with Crippen molar-refractivity contribution in [2.75, 3.05) is 39.9 Å². The van der Waals surface area contributed by atoms with Gasteiger partial charge in [-0.3, -0.25) is 9.89 Å². The molecule has 3 N–H and O–H groups in total. The van der Waals surface area contributed by atoms with Crippen LogP contribution < -0.4 is 11.1 Å². The monoisotopic (exact) mass is 412 g/mol. The van der Waals surface area contributed by atoms with Gasteiger partial charge in [0.15, 0.2) is 5.96 Å². The quantitative estimate of drug-likeness (QED) is 0.364. The molecule has 0 spiro atoms. The first-order chi connectivity index (χ1) is 9.48. The van der Waals surface area contributed by atoms with Crippen molar-refractivity contribution in [1.82, 2.24) is 10.2 Å². The maximum absolute atomic E-state index is 5.96. The zero-order chi connectivity index (χ0) is 15.0. The molecule has 1 saturated heterocycles. The van der Waals surface area contributed by atoms with Gasteiger partial charge in [0.25, 0.3) is 0 Å². The highest BCUT2D eigenvalue weighted by molar-refractivity contribution is 14.0. The molecule has 5 nitrogen and oxygen atoms in total. The minimum atomic E-state index is 0. The molecule has 1 atom stereocenters. The van der Waals surface area contributed by atoms with Crippen LogP contribution in [0.5, 0.6) is 0 Å². The number of nitrogens with one attached hydrogen (secondary N) is 1. The van der Waals surface area contributed by atoms with E-state index < -0.39 is 0 Å². The first-order valence-electron chi connectivity index (χ1n) is 7.75. The van der Waals surface area contributed by atoms with Gasteiger partial charge in [-0.05, 0) is 37.8 Å². The van der Waals surface area contributed by atoms with E-state index in [-0.39, 0.29) is 29.4 Å². The van der Waals surface area contributed by atoms with Crippen LogP contribution in [0.1, 0.15) is 40.0 Å². The van der Waals surface area contributed by atoms with Crippen molar-refractivity contribution in [2.45, 2.75) is 46.1 Å². The number of hydrogen-bond acceptors (Lipinski definition) is 3. The van der Waals surface area contributed by atoms with Crippen LogP contribution in [-0.2, 0) is 4.74 Å². The number of halogens is 1. The van der Waals surface area contributed by atoms with Gasteiger partial charge < -0.3 is 15.8 Å². The molecule has 0 aliphatic carbocycles. The van der Waals surface area contributed by atoms with Crippen molar-refractivity contribution >= 4 is 29.9 Å². The number of hydrogen-bond donors (Lipinski definition) is 2. The Morgan fingerprint density at radius 1 is 1.48 bits per heavy atom. The van der Waals surface area contributed by atoms with Gasteiger partial charge in [-0.2, -0.15) is 0 Å². The lowest BCUT2D eigenvalue weighted by molar-refractivity contribution is 0.155. The molecule has 1 unspecified atom stereocenters. The van der Waals surface area contributed by atoms with E-state index in [0.717, 1.165) is 32.7 Å². The number of aliphatic imine (C=N–C) groups is 1. The van der Waals surface area contributed by atoms with E-state index in [1.165, 1.54) is 19.4 Å². The third-order valence-corrected chi connectivity index (χ3v) is 4.08. The summed E-state index contributed by atoms with van der Waals surface area (Å²) in [6.45, 7) is 11.3. The summed E-state index contributed by atoms with van der Waals surface area (Å²) in [7, 11) is 1.73. The Morgan fingerprint density at radius 2 is 2.19 bits per heavy atom. The molecule has 1 rings (SSSR count). The predicted molar refractivity (Wildman–Crippen MR) is 100 cm³/mol. The van der Waals surface area contributed by atoms with Crippen LogP contribution in [-0.4, -0.2) is 56.8 Å². The van der Waals surface area contributed by atoms with Gasteiger partial charge >= 0.3 is 0 Å². The molecule has 126 valence electrons. The number of methoxy groups -OCH3 is 1. The van der Waals surface area contributed by atoms with E-state index in [9.17, 15) is 0 Å². The zero-order valence-corrected chi connectivity index (χ0v) is 16.4. The van der Waals surface area contributed by atoms with E-state index in [1.54, 1.807) is 7.11 Å². The highest BCUT2D eigenvalue weighted by Gasteiger charge is 2.22. The van der Waals surface area contributed by atoms with Gasteiger partial charge in [-0.15, -0.1) is 24.0 Å². The number of guanidine groups is 1. The van der Waals surface area contributed by atoms with Crippen molar-refractivity contribution in [3.63, 3.8) is 0 Å². The van der Waals surface area contributed by atoms with Crippen molar-refractivity contribution in [3.05, 3.63) is 0 Å². The number of nitrogens with two attached hydrogens (primary N) is 1. The maximum atomic E-state index is 5.96. The van der Waals surface area contributed by atoms with Crippen LogP contribution in [0.2, 0.25) is 0 Å². The molecule has 1 heterocycles. The summed E-state index contributed by atoms with van der Waals surface area (Å²) in [6.07, 6.45) is 3.54. The van der Waals surface area contributed by atoms with Crippen LogP contribution in [0.4, 0.5) is 0 Å². The topological polar surface area (TPSA) is 62.9 Å². The molecular weight excluding hydrogens is 379 g/mol. The fourth-order valence-electron chi connectivity index (χ4n) is 2.58. The lowest BCUT2D eigenvalue weighted by Gasteiger charge is -2.24. The van der Waals surface area contributed by atoms with Gasteiger partial charge in [0.05, 0.1) is 0 Å². The molecule has 0 amide bonds. The van der Waals surface area contributed by atoms with Crippen LogP contribution in [0, 0.1) is 5.41 Å². The average molecular weight is 412 g/mol. The van der Waals surface area contributed by atoms with E-state index in [0.29, 0.717) is 12.0 Å². The first kappa shape index (κ1) is 20.9. The number of nitrogens with zero attached hydrogens (tertiary/aromatic N) is 2. The van der Waals surface area contributed by atoms with E-state index in [4.69, 9.17) is 10.5 Å². The Morgan fingerprint density at radius 3 is 2.81 bits per heavy atom. The summed E-state index contributed by atoms with van der Waals surface area (Å²) >= 11 is 0. The van der Waals surface area contributed by atoms with Crippen molar-refractivity contribution in [2.24, 2.45) is 16.1 Å². The van der Waals surface area contributed by atoms with Crippen molar-refractivity contribution in [3.8, 4) is 0 Å². The third kappa shape index (κ3) is 8.21. The second-order valence-corrected chi connectivity index (χ2v) is 6.41. The minimum Gasteiger partial charge on any atom is -0.385 e. The molecule has 21 heavy (non-hydrogen) atoms. The smallest absolute Gasteiger partial charge is 0.188 e. The zero-order valence-electron chi connectivity index (χ0n) is 14.0. The number of ether oxygens (including phenoxy) is 1. The normalized spacial score (nSPS) is 20.4. The first-order valence-corrected chi connectivity index (χ1v) is 7.75. The lowest BCUT2D eigenvalue weighted by atomic mass is 9.90. The van der Waals surface area contributed by atoms with Crippen LogP contribution >= 0.6 is 24.0 Å². The Balaban J connectivity index is 0.00000400. The number of rotatable bonds is 8. The molecule has 1 aliphatic rings. The fraction of sp³-hybridized carbons (Fsp3) is 0.933. The van der Waals surface area contributed by atoms with Gasteiger partial charge in [0.1, 0.15) is 0 Å². The molecule has 1 fully saturated rings. The van der Waals surface area contributed by atoms with E-state index in [1.807, 2.05) is 0 Å². The fourth-order valence-corrected chi connectivity index (χ4v) is 2.58. The summed E-state index contributed by atoms with van der Waals surface area (Å²) < 4.78 is 5.12. The summed E-state index contributed by atoms with van der Waals surface area (Å²) in [5, 5.41) is 3.27. The molecule has 0 radical (unpaired) electrons. The summed E-state index contributed by atoms with van der Waals surface area (Å²) in [5.74, 6) is 0.568. The largest absolute Gasteiger partial charge is 0.385 e. The van der Waals surface area contributed by atoms with Crippen LogP contribution in [0.25, 0.3) is 0 Å². The number of likely N-dealkylation sites (N-methyl/N-ethyl adjacent to an activating group) is 1. The van der Waals surface area contributed by atoms with Gasteiger partial charge in [0, 0.05) is 32.8 Å². The Bertz CT molecular complexity index is 310. The summed E-state index contributed by atoms with van der Waals surface area (Å²) in [6, 6.07) is 0.607. The van der Waals surface area contributed by atoms with E-state index in [2.05, 4.69) is 36.0 Å². The second kappa shape index (κ2) is 10.6. The van der Waals surface area contributed by atoms with Crippen molar-refractivity contribution in [1.29, 1.82) is 0 Å². The van der Waals surface area contributed by atoms with Gasteiger partial charge in [-0.25, -0.2) is 0 Å². The molecule has 6 heteroatoms. The van der Waals surface area contributed by atoms with Gasteiger partial charge in [0.2, 0.25) is 0 Å². The standard InChI is InChI=1S/C15H32N4O.HI/c1-5-19-9-6-7-13(19)11-17-14(16)18-12-15(2,3)8-10-20-4;/h13H,5-12H2,1-4H3,(H3,16,17,18);1H. The second-order valence-electron chi connectivity index (χ2n) is 6.41. The van der Waals surface area contributed by atoms with Gasteiger partial charge in [-0.1, -0.05) is 20.8 Å². The molecule has 0 saturated carbocycles. The highest BCUT2D eigenvalue weighted by atomic mass is 127. The molecule has 1 aliphatic heterocycles. The van der Waals surface area contributed by atoms with Crippen LogP contribution in [0.15, 0.2) is 4.99 Å². The average Bonchev–Trinajstić information content (AvgIpc) is 2.88. The SMILES string of the molecule is CCN1CCCC1CNC(N)=NCC(C)(C)CCOC.I. The molecule has 0 aromatic rings. The lowest BCUT2D eigenvalue weighted by Crippen LogP contribution is -2.43. The van der Waals surface area contributed by atoms with Crippen LogP contribution in [0.3, 0.4) is 0 Å². The Labute approximate surface area is 147 Å². The number of likely N-dealkylation sites (tertiary alicyclic amines) is 1.